The van der Waals surface area contributed by atoms with Crippen molar-refractivity contribution >= 4 is 21.7 Å². The average Bonchev–Trinajstić information content (AvgIpc) is 2.75. The largest absolute Gasteiger partial charge is 0.256 e. The van der Waals surface area contributed by atoms with Crippen molar-refractivity contribution in [3.05, 3.63) is 53.7 Å². The van der Waals surface area contributed by atoms with Gasteiger partial charge in [0.1, 0.15) is 0 Å². The van der Waals surface area contributed by atoms with Crippen molar-refractivity contribution in [2.24, 2.45) is 16.2 Å². The van der Waals surface area contributed by atoms with E-state index in [1.165, 1.54) is 34.5 Å². The Bertz CT molecular complexity index is 1120. The first kappa shape index (κ1) is 12.5. The first-order valence-electron chi connectivity index (χ1n) is 9.31. The summed E-state index contributed by atoms with van der Waals surface area (Å²) in [5.74, 6) is 0.762. The molecule has 1 spiro atoms. The van der Waals surface area contributed by atoms with Gasteiger partial charge in [0.2, 0.25) is 0 Å². The highest BCUT2D eigenvalue weighted by molar-refractivity contribution is 6.10. The van der Waals surface area contributed by atoms with Crippen LogP contribution in [-0.4, -0.2) is 4.98 Å². The van der Waals surface area contributed by atoms with Gasteiger partial charge in [0.05, 0.1) is 5.52 Å². The van der Waals surface area contributed by atoms with Crippen molar-refractivity contribution in [1.29, 1.82) is 0 Å². The average molecular weight is 311 g/mol. The molecule has 1 heteroatoms. The molecule has 4 aliphatic rings. The number of rotatable bonds is 0. The topological polar surface area (TPSA) is 12.9 Å². The summed E-state index contributed by atoms with van der Waals surface area (Å²) in [7, 11) is 0. The first-order valence-corrected chi connectivity index (χ1v) is 9.31. The lowest BCUT2D eigenvalue weighted by atomic mass is 9.50. The van der Waals surface area contributed by atoms with Gasteiger partial charge in [-0.2, -0.15) is 0 Å². The van der Waals surface area contributed by atoms with Gasteiger partial charge in [0.15, 0.2) is 0 Å². The maximum Gasteiger partial charge on any atom is 0.0783 e. The molecule has 4 aliphatic carbocycles. The Morgan fingerprint density at radius 2 is 1.67 bits per heavy atom. The number of hydrogen-bond donors (Lipinski definition) is 0. The van der Waals surface area contributed by atoms with Crippen molar-refractivity contribution in [2.75, 3.05) is 0 Å². The van der Waals surface area contributed by atoms with Gasteiger partial charge in [-0.25, -0.2) is 0 Å². The summed E-state index contributed by atoms with van der Waals surface area (Å²) in [4.78, 5) is 4.80. The summed E-state index contributed by atoms with van der Waals surface area (Å²) in [5, 5.41) is 4.25. The fourth-order valence-electron chi connectivity index (χ4n) is 8.95. The van der Waals surface area contributed by atoms with Crippen LogP contribution < -0.4 is 0 Å². The van der Waals surface area contributed by atoms with Crippen LogP contribution in [0.4, 0.5) is 0 Å². The summed E-state index contributed by atoms with van der Waals surface area (Å²) < 4.78 is 0. The van der Waals surface area contributed by atoms with Gasteiger partial charge in [-0.15, -0.1) is 0 Å². The molecule has 2 aromatic carbocycles. The van der Waals surface area contributed by atoms with Crippen LogP contribution in [-0.2, 0) is 5.41 Å². The third-order valence-electron chi connectivity index (χ3n) is 9.33. The predicted molar refractivity (Wildman–Crippen MR) is 97.2 cm³/mol. The van der Waals surface area contributed by atoms with E-state index in [1.54, 1.807) is 11.1 Å². The van der Waals surface area contributed by atoms with Crippen LogP contribution in [0.5, 0.6) is 0 Å². The number of benzene rings is 2. The number of hydrogen-bond acceptors (Lipinski definition) is 1. The highest BCUT2D eigenvalue weighted by Gasteiger charge is 3.03. The number of nitrogens with zero attached hydrogens (tertiary/aromatic N) is 1. The van der Waals surface area contributed by atoms with E-state index in [1.807, 2.05) is 6.20 Å². The summed E-state index contributed by atoms with van der Waals surface area (Å²) in [6.45, 7) is 7.72. The van der Waals surface area contributed by atoms with Gasteiger partial charge in [0.25, 0.3) is 0 Å². The number of pyridine rings is 1. The fraction of sp³-hybridized carbons (Fsp3) is 0.435. The molecule has 0 radical (unpaired) electrons. The first-order chi connectivity index (χ1) is 11.5. The molecular formula is C23H21N. The highest BCUT2D eigenvalue weighted by atomic mass is 15.1. The summed E-state index contributed by atoms with van der Waals surface area (Å²) in [6, 6.07) is 13.5. The van der Waals surface area contributed by atoms with E-state index in [0.29, 0.717) is 21.7 Å². The maximum absolute atomic E-state index is 4.80. The SMILES string of the molecule is CC12CC3(C)C4(C)CC(c5c1c1ccccc1c1ncccc51)C243. The van der Waals surface area contributed by atoms with Gasteiger partial charge < -0.3 is 0 Å². The quantitative estimate of drug-likeness (QED) is 0.495. The van der Waals surface area contributed by atoms with Gasteiger partial charge in [-0.1, -0.05) is 51.1 Å². The second kappa shape index (κ2) is 3.03. The molecule has 0 N–H and O–H groups in total. The summed E-state index contributed by atoms with van der Waals surface area (Å²) >= 11 is 0. The Kier molecular flexibility index (Phi) is 1.57. The molecule has 0 saturated heterocycles. The summed E-state index contributed by atoms with van der Waals surface area (Å²) in [5.41, 5.74) is 6.63. The molecule has 1 nitrogen and oxygen atoms in total. The lowest BCUT2D eigenvalue weighted by molar-refractivity contribution is 0.0213. The van der Waals surface area contributed by atoms with Crippen molar-refractivity contribution in [3.63, 3.8) is 0 Å². The molecule has 118 valence electrons. The van der Waals surface area contributed by atoms with E-state index in [-0.39, 0.29) is 0 Å². The normalized spacial score (nSPS) is 46.0. The molecule has 0 amide bonds. The third kappa shape index (κ3) is 0.779. The Morgan fingerprint density at radius 1 is 0.917 bits per heavy atom. The predicted octanol–water partition coefficient (Wildman–Crippen LogP) is 5.56. The molecule has 3 saturated carbocycles. The van der Waals surface area contributed by atoms with E-state index in [4.69, 9.17) is 4.98 Å². The highest BCUT2D eigenvalue weighted by Crippen LogP contribution is 3.08. The number of fused-ring (bicyclic) bond motifs is 9. The van der Waals surface area contributed by atoms with E-state index in [9.17, 15) is 0 Å². The molecule has 5 atom stereocenters. The van der Waals surface area contributed by atoms with Crippen molar-refractivity contribution < 1.29 is 0 Å². The van der Waals surface area contributed by atoms with E-state index >= 15 is 0 Å². The molecule has 3 aromatic rings. The lowest BCUT2D eigenvalue weighted by Gasteiger charge is -2.52. The second-order valence-corrected chi connectivity index (χ2v) is 9.47. The molecule has 1 aromatic heterocycles. The second-order valence-electron chi connectivity index (χ2n) is 9.47. The molecule has 3 fully saturated rings. The van der Waals surface area contributed by atoms with Crippen molar-refractivity contribution in [2.45, 2.75) is 44.9 Å². The van der Waals surface area contributed by atoms with Crippen LogP contribution in [0.1, 0.15) is 50.7 Å². The molecule has 0 bridgehead atoms. The minimum atomic E-state index is 0.373. The summed E-state index contributed by atoms with van der Waals surface area (Å²) in [6.07, 6.45) is 4.71. The zero-order valence-electron chi connectivity index (χ0n) is 14.5. The van der Waals surface area contributed by atoms with Gasteiger partial charge >= 0.3 is 0 Å². The van der Waals surface area contributed by atoms with Crippen LogP contribution in [0.15, 0.2) is 42.6 Å². The Morgan fingerprint density at radius 3 is 2.42 bits per heavy atom. The molecule has 5 unspecified atom stereocenters. The molecule has 24 heavy (non-hydrogen) atoms. The van der Waals surface area contributed by atoms with Crippen LogP contribution in [0.3, 0.4) is 0 Å². The lowest BCUT2D eigenvalue weighted by Crippen LogP contribution is -2.49. The van der Waals surface area contributed by atoms with Gasteiger partial charge in [-0.3, -0.25) is 4.98 Å². The zero-order valence-corrected chi connectivity index (χ0v) is 14.5. The maximum atomic E-state index is 4.80. The minimum absolute atomic E-state index is 0.373. The third-order valence-corrected chi connectivity index (χ3v) is 9.33. The number of aromatic nitrogens is 1. The van der Waals surface area contributed by atoms with Crippen LogP contribution in [0.2, 0.25) is 0 Å². The van der Waals surface area contributed by atoms with Gasteiger partial charge in [0, 0.05) is 22.4 Å². The van der Waals surface area contributed by atoms with Gasteiger partial charge in [-0.05, 0) is 57.6 Å². The Balaban J connectivity index is 1.73. The molecular weight excluding hydrogens is 290 g/mol. The molecule has 7 rings (SSSR count). The Hall–Kier alpha value is -1.89. The monoisotopic (exact) mass is 311 g/mol. The van der Waals surface area contributed by atoms with E-state index in [0.717, 1.165) is 5.92 Å². The van der Waals surface area contributed by atoms with Crippen LogP contribution in [0.25, 0.3) is 21.7 Å². The van der Waals surface area contributed by atoms with Crippen LogP contribution >= 0.6 is 0 Å². The zero-order chi connectivity index (χ0) is 16.1. The van der Waals surface area contributed by atoms with Crippen LogP contribution in [0, 0.1) is 16.2 Å². The van der Waals surface area contributed by atoms with E-state index in [2.05, 4.69) is 57.2 Å². The molecule has 0 aliphatic heterocycles. The van der Waals surface area contributed by atoms with Crippen molar-refractivity contribution in [1.82, 2.24) is 4.98 Å². The standard InChI is InChI=1S/C23H21N/c1-20-12-22(3)21(2)11-16(23(20,21)22)17-15-9-6-10-24-19(15)14-8-5-4-7-13(14)18(17)20/h4-10,16H,11-12H2,1-3H3. The Labute approximate surface area is 142 Å². The fourth-order valence-corrected chi connectivity index (χ4v) is 8.95. The van der Waals surface area contributed by atoms with E-state index < -0.39 is 0 Å². The minimum Gasteiger partial charge on any atom is -0.256 e. The molecule has 1 heterocycles. The van der Waals surface area contributed by atoms with Crippen molar-refractivity contribution in [3.8, 4) is 0 Å². The smallest absolute Gasteiger partial charge is 0.0783 e.